The van der Waals surface area contributed by atoms with Gasteiger partial charge in [-0.25, -0.2) is 4.79 Å². The van der Waals surface area contributed by atoms with E-state index >= 15 is 0 Å². The number of carbonyl (C=O) groups is 1. The maximum Gasteiger partial charge on any atom is 0.487 e. The summed E-state index contributed by atoms with van der Waals surface area (Å²) in [4.78, 5) is 11.6. The van der Waals surface area contributed by atoms with Crippen molar-refractivity contribution < 1.29 is 23.6 Å². The Bertz CT molecular complexity index is 487. The summed E-state index contributed by atoms with van der Waals surface area (Å²) in [5, 5.41) is 0. The SMILES string of the molecule is CO\C=C(C(=O)OC)/C(C)=C\C=C\B1OC(C)(C)C(C)(C)O1. The second-order valence-electron chi connectivity index (χ2n) is 6.12. The van der Waals surface area contributed by atoms with Crippen molar-refractivity contribution in [1.82, 2.24) is 0 Å². The molecule has 6 heteroatoms. The number of allylic oxidation sites excluding steroid dienone is 2. The van der Waals surface area contributed by atoms with Crippen molar-refractivity contribution >= 4 is 13.1 Å². The summed E-state index contributed by atoms with van der Waals surface area (Å²) in [5.41, 5.74) is 0.354. The highest BCUT2D eigenvalue weighted by molar-refractivity contribution is 6.51. The van der Waals surface area contributed by atoms with Crippen LogP contribution in [0.1, 0.15) is 34.6 Å². The first kappa shape index (κ1) is 18.5. The molecule has 1 aliphatic rings. The third-order valence-electron chi connectivity index (χ3n) is 3.95. The zero-order chi connectivity index (χ0) is 17.0. The van der Waals surface area contributed by atoms with Crippen molar-refractivity contribution in [2.45, 2.75) is 45.8 Å². The zero-order valence-electron chi connectivity index (χ0n) is 14.4. The fourth-order valence-electron chi connectivity index (χ4n) is 1.88. The van der Waals surface area contributed by atoms with E-state index in [1.54, 1.807) is 19.1 Å². The number of rotatable bonds is 5. The molecular formula is C16H25BO5. The Morgan fingerprint density at radius 2 is 1.64 bits per heavy atom. The summed E-state index contributed by atoms with van der Waals surface area (Å²) in [6.07, 6.45) is 4.94. The highest BCUT2D eigenvalue weighted by Crippen LogP contribution is 2.36. The molecule has 0 spiro atoms. The first-order valence-corrected chi connectivity index (χ1v) is 7.17. The second kappa shape index (κ2) is 7.16. The molecule has 0 amide bonds. The largest absolute Gasteiger partial charge is 0.503 e. The summed E-state index contributed by atoms with van der Waals surface area (Å²) >= 11 is 0. The Morgan fingerprint density at radius 3 is 2.09 bits per heavy atom. The topological polar surface area (TPSA) is 54.0 Å². The number of hydrogen-bond acceptors (Lipinski definition) is 5. The lowest BCUT2D eigenvalue weighted by atomic mass is 9.90. The van der Waals surface area contributed by atoms with Crippen LogP contribution in [0.25, 0.3) is 0 Å². The van der Waals surface area contributed by atoms with Crippen molar-refractivity contribution in [3.05, 3.63) is 35.5 Å². The van der Waals surface area contributed by atoms with Gasteiger partial charge in [0.25, 0.3) is 0 Å². The highest BCUT2D eigenvalue weighted by Gasteiger charge is 2.49. The minimum atomic E-state index is -0.445. The summed E-state index contributed by atoms with van der Waals surface area (Å²) < 4.78 is 21.3. The number of ether oxygens (including phenoxy) is 2. The van der Waals surface area contributed by atoms with E-state index < -0.39 is 13.1 Å². The van der Waals surface area contributed by atoms with E-state index in [0.717, 1.165) is 5.57 Å². The van der Waals surface area contributed by atoms with Crippen molar-refractivity contribution in [3.8, 4) is 0 Å². The van der Waals surface area contributed by atoms with Crippen LogP contribution in [-0.4, -0.2) is 38.5 Å². The van der Waals surface area contributed by atoms with Gasteiger partial charge in [-0.05, 0) is 40.2 Å². The molecule has 0 aromatic heterocycles. The number of hydrogen-bond donors (Lipinski definition) is 0. The molecule has 0 radical (unpaired) electrons. The van der Waals surface area contributed by atoms with Crippen molar-refractivity contribution in [1.29, 1.82) is 0 Å². The van der Waals surface area contributed by atoms with Gasteiger partial charge in [-0.3, -0.25) is 0 Å². The minimum Gasteiger partial charge on any atom is -0.503 e. The molecule has 0 aliphatic carbocycles. The third-order valence-corrected chi connectivity index (χ3v) is 3.95. The monoisotopic (exact) mass is 308 g/mol. The molecule has 1 saturated heterocycles. The highest BCUT2D eigenvalue weighted by atomic mass is 16.7. The van der Waals surface area contributed by atoms with Crippen LogP contribution in [0.5, 0.6) is 0 Å². The van der Waals surface area contributed by atoms with Crippen LogP contribution in [-0.2, 0) is 23.6 Å². The van der Waals surface area contributed by atoms with Gasteiger partial charge in [-0.2, -0.15) is 0 Å². The van der Waals surface area contributed by atoms with E-state index in [1.165, 1.54) is 20.5 Å². The van der Waals surface area contributed by atoms with Crippen LogP contribution in [0.2, 0.25) is 0 Å². The Morgan fingerprint density at radius 1 is 1.09 bits per heavy atom. The lowest BCUT2D eigenvalue weighted by molar-refractivity contribution is -0.135. The average molecular weight is 308 g/mol. The molecule has 22 heavy (non-hydrogen) atoms. The molecule has 0 unspecified atom stereocenters. The van der Waals surface area contributed by atoms with Gasteiger partial charge in [-0.15, -0.1) is 0 Å². The van der Waals surface area contributed by atoms with Crippen LogP contribution in [0.4, 0.5) is 0 Å². The van der Waals surface area contributed by atoms with E-state index in [9.17, 15) is 4.79 Å². The molecule has 0 aromatic rings. The lowest BCUT2D eigenvalue weighted by Gasteiger charge is -2.32. The molecule has 0 atom stereocenters. The number of carbonyl (C=O) groups excluding carboxylic acids is 1. The molecule has 1 fully saturated rings. The van der Waals surface area contributed by atoms with Gasteiger partial charge in [0.15, 0.2) is 0 Å². The van der Waals surface area contributed by atoms with E-state index in [0.29, 0.717) is 5.57 Å². The van der Waals surface area contributed by atoms with Crippen LogP contribution in [0.15, 0.2) is 35.5 Å². The van der Waals surface area contributed by atoms with Crippen molar-refractivity contribution in [2.75, 3.05) is 14.2 Å². The molecule has 0 bridgehead atoms. The van der Waals surface area contributed by atoms with Gasteiger partial charge in [-0.1, -0.05) is 18.1 Å². The molecule has 0 aromatic carbocycles. The quantitative estimate of drug-likeness (QED) is 0.257. The van der Waals surface area contributed by atoms with E-state index in [1.807, 2.05) is 33.7 Å². The van der Waals surface area contributed by atoms with Crippen LogP contribution < -0.4 is 0 Å². The molecule has 0 saturated carbocycles. The molecule has 122 valence electrons. The maximum atomic E-state index is 11.6. The molecule has 1 heterocycles. The maximum absolute atomic E-state index is 11.6. The summed E-state index contributed by atoms with van der Waals surface area (Å²) in [6.45, 7) is 9.80. The zero-order valence-corrected chi connectivity index (χ0v) is 14.4. The summed E-state index contributed by atoms with van der Waals surface area (Å²) in [6, 6.07) is 0. The Hall–Kier alpha value is -1.53. The molecule has 0 N–H and O–H groups in total. The smallest absolute Gasteiger partial charge is 0.487 e. The van der Waals surface area contributed by atoms with Gasteiger partial charge in [0.05, 0.1) is 37.3 Å². The van der Waals surface area contributed by atoms with Gasteiger partial charge in [0.1, 0.15) is 0 Å². The van der Waals surface area contributed by atoms with Crippen LogP contribution in [0.3, 0.4) is 0 Å². The molecule has 1 rings (SSSR count). The molecule has 5 nitrogen and oxygen atoms in total. The number of esters is 1. The third kappa shape index (κ3) is 4.24. The summed E-state index contributed by atoms with van der Waals surface area (Å²) in [5.74, 6) is 1.36. The first-order valence-electron chi connectivity index (χ1n) is 7.17. The second-order valence-corrected chi connectivity index (χ2v) is 6.12. The van der Waals surface area contributed by atoms with E-state index in [2.05, 4.69) is 0 Å². The van der Waals surface area contributed by atoms with Gasteiger partial charge in [0.2, 0.25) is 0 Å². The minimum absolute atomic E-state index is 0.364. The van der Waals surface area contributed by atoms with Gasteiger partial charge >= 0.3 is 13.1 Å². The lowest BCUT2D eigenvalue weighted by Crippen LogP contribution is -2.41. The van der Waals surface area contributed by atoms with Gasteiger partial charge < -0.3 is 18.8 Å². The van der Waals surface area contributed by atoms with Crippen LogP contribution in [0, 0.1) is 0 Å². The predicted molar refractivity (Wildman–Crippen MR) is 86.1 cm³/mol. The predicted octanol–water partition coefficient (Wildman–Crippen LogP) is 2.82. The van der Waals surface area contributed by atoms with Gasteiger partial charge in [0, 0.05) is 0 Å². The average Bonchev–Trinajstić information content (AvgIpc) is 2.63. The summed E-state index contributed by atoms with van der Waals surface area (Å²) in [7, 11) is 2.40. The van der Waals surface area contributed by atoms with Crippen molar-refractivity contribution in [2.24, 2.45) is 0 Å². The Balaban J connectivity index is 2.79. The normalized spacial score (nSPS) is 21.3. The fourth-order valence-corrected chi connectivity index (χ4v) is 1.88. The Labute approximate surface area is 133 Å². The fraction of sp³-hybridized carbons (Fsp3) is 0.562. The number of methoxy groups -OCH3 is 2. The first-order chi connectivity index (χ1) is 10.1. The van der Waals surface area contributed by atoms with E-state index in [4.69, 9.17) is 18.8 Å². The van der Waals surface area contributed by atoms with E-state index in [-0.39, 0.29) is 11.2 Å². The van der Waals surface area contributed by atoms with Crippen molar-refractivity contribution in [3.63, 3.8) is 0 Å². The molecule has 1 aliphatic heterocycles. The molecular weight excluding hydrogens is 283 g/mol. The Kier molecular flexibility index (Phi) is 6.03. The standard InChI is InChI=1S/C16H25BO5/c1-12(13(11-19-6)14(18)20-7)9-8-10-17-21-15(2,3)16(4,5)22-17/h8-11H,1-7H3/b10-8+,12-9-,13-11+. The van der Waals surface area contributed by atoms with Crippen LogP contribution >= 0.6 is 0 Å².